The van der Waals surface area contributed by atoms with Crippen LogP contribution >= 0.6 is 0 Å². The van der Waals surface area contributed by atoms with E-state index < -0.39 is 40.1 Å². The third-order valence-electron chi connectivity index (χ3n) is 6.68. The average molecular weight is 578 g/mol. The number of alkyl halides is 3. The molecule has 1 unspecified atom stereocenters. The summed E-state index contributed by atoms with van der Waals surface area (Å²) >= 11 is 0. The lowest BCUT2D eigenvalue weighted by atomic mass is 10.0. The number of aromatic nitrogens is 5. The molecule has 212 valence electrons. The zero-order valence-corrected chi connectivity index (χ0v) is 22.8. The van der Waals surface area contributed by atoms with Gasteiger partial charge in [-0.25, -0.2) is 17.9 Å². The van der Waals surface area contributed by atoms with E-state index >= 15 is 0 Å². The number of morpholine rings is 1. The lowest BCUT2D eigenvalue weighted by molar-refractivity contribution is -0.147. The molecule has 0 aliphatic carbocycles. The van der Waals surface area contributed by atoms with Crippen LogP contribution < -0.4 is 10.6 Å². The van der Waals surface area contributed by atoms with Gasteiger partial charge in [-0.05, 0) is 45.0 Å². The number of ether oxygens (including phenoxy) is 1. The average Bonchev–Trinajstić information content (AvgIpc) is 3.45. The maximum Gasteiger partial charge on any atom is 0.408 e. The maximum absolute atomic E-state index is 13.4. The van der Waals surface area contributed by atoms with Crippen molar-refractivity contribution in [3.63, 3.8) is 0 Å². The van der Waals surface area contributed by atoms with Gasteiger partial charge < -0.3 is 15.4 Å². The Morgan fingerprint density at radius 2 is 1.88 bits per heavy atom. The number of amides is 1. The van der Waals surface area contributed by atoms with Crippen molar-refractivity contribution in [2.45, 2.75) is 50.0 Å². The summed E-state index contributed by atoms with van der Waals surface area (Å²) in [7, 11) is -3.77. The second-order valence-electron chi connectivity index (χ2n) is 10.1. The Morgan fingerprint density at radius 3 is 2.55 bits per heavy atom. The van der Waals surface area contributed by atoms with Gasteiger partial charge in [0, 0.05) is 23.6 Å². The highest BCUT2D eigenvalue weighted by molar-refractivity contribution is 7.90. The summed E-state index contributed by atoms with van der Waals surface area (Å²) in [5.74, 6) is -0.403. The van der Waals surface area contributed by atoms with E-state index in [2.05, 4.69) is 15.2 Å². The molecule has 15 heteroatoms. The number of anilines is 2. The maximum atomic E-state index is 13.4. The van der Waals surface area contributed by atoms with Crippen molar-refractivity contribution in [3.8, 4) is 22.5 Å². The number of sulfone groups is 1. The first-order chi connectivity index (χ1) is 18.6. The Balaban J connectivity index is 1.75. The fraction of sp³-hybridized carbons (Fsp3) is 0.360. The molecule has 1 aliphatic heterocycles. The molecule has 1 saturated heterocycles. The van der Waals surface area contributed by atoms with Crippen molar-refractivity contribution in [2.75, 3.05) is 23.5 Å². The Kier molecular flexibility index (Phi) is 6.41. The van der Waals surface area contributed by atoms with Crippen molar-refractivity contribution in [1.29, 1.82) is 0 Å². The fourth-order valence-electron chi connectivity index (χ4n) is 4.81. The minimum atomic E-state index is -4.52. The zero-order valence-electron chi connectivity index (χ0n) is 22.0. The van der Waals surface area contributed by atoms with E-state index in [0.717, 1.165) is 10.9 Å². The molecule has 1 atom stereocenters. The largest absolute Gasteiger partial charge is 0.408 e. The van der Waals surface area contributed by atoms with Gasteiger partial charge in [0.15, 0.2) is 15.7 Å². The van der Waals surface area contributed by atoms with Gasteiger partial charge in [0.2, 0.25) is 0 Å². The van der Waals surface area contributed by atoms with Crippen LogP contribution in [0.15, 0.2) is 47.8 Å². The van der Waals surface area contributed by atoms with Crippen LogP contribution in [0.25, 0.3) is 28.0 Å². The van der Waals surface area contributed by atoms with E-state index in [1.807, 2.05) is 0 Å². The number of nitrogens with two attached hydrogens (primary N) is 1. The zero-order chi connectivity index (χ0) is 29.2. The number of benzene rings is 1. The molecule has 1 aromatic carbocycles. The molecule has 0 radical (unpaired) electrons. The highest BCUT2D eigenvalue weighted by Crippen LogP contribution is 2.39. The first-order valence-corrected chi connectivity index (χ1v) is 14.0. The molecule has 3 aromatic heterocycles. The Morgan fingerprint density at radius 1 is 1.15 bits per heavy atom. The summed E-state index contributed by atoms with van der Waals surface area (Å²) in [6, 6.07) is 7.00. The highest BCUT2D eigenvalue weighted by Gasteiger charge is 2.42. The molecular weight excluding hydrogens is 551 g/mol. The van der Waals surface area contributed by atoms with Crippen molar-refractivity contribution >= 4 is 32.8 Å². The minimum absolute atomic E-state index is 0.0164. The van der Waals surface area contributed by atoms with Crippen LogP contribution in [0.1, 0.15) is 20.8 Å². The molecular formula is C25H26F3N7O4S. The third kappa shape index (κ3) is 4.79. The first-order valence-electron chi connectivity index (χ1n) is 12.1. The van der Waals surface area contributed by atoms with E-state index in [9.17, 15) is 26.4 Å². The Bertz CT molecular complexity index is 1740. The normalized spacial score (nSPS) is 18.0. The molecule has 0 bridgehead atoms. The molecule has 2 N–H and O–H groups in total. The van der Waals surface area contributed by atoms with Crippen LogP contribution in [0, 0.1) is 0 Å². The monoisotopic (exact) mass is 577 g/mol. The predicted molar refractivity (Wildman–Crippen MR) is 140 cm³/mol. The lowest BCUT2D eigenvalue weighted by Crippen LogP contribution is -2.58. The SMILES string of the molecule is CC1COC(C)(C)C(=O)N1c1cc(-c2cc(-c3ccnn3CC(F)(F)F)c3c(N)ncnn23)ccc1S(C)(=O)=O. The number of carbonyl (C=O) groups excluding carboxylic acids is 1. The van der Waals surface area contributed by atoms with Gasteiger partial charge in [-0.15, -0.1) is 0 Å². The molecule has 5 rings (SSSR count). The summed E-state index contributed by atoms with van der Waals surface area (Å²) < 4.78 is 73.2. The van der Waals surface area contributed by atoms with Crippen molar-refractivity contribution in [3.05, 3.63) is 42.9 Å². The van der Waals surface area contributed by atoms with Crippen LogP contribution in [0.3, 0.4) is 0 Å². The van der Waals surface area contributed by atoms with Crippen LogP contribution in [0.2, 0.25) is 0 Å². The molecule has 11 nitrogen and oxygen atoms in total. The second-order valence-corrected chi connectivity index (χ2v) is 12.1. The topological polar surface area (TPSA) is 138 Å². The fourth-order valence-corrected chi connectivity index (χ4v) is 5.66. The summed E-state index contributed by atoms with van der Waals surface area (Å²) in [5, 5.41) is 8.10. The second kappa shape index (κ2) is 9.30. The van der Waals surface area contributed by atoms with Gasteiger partial charge in [-0.3, -0.25) is 9.48 Å². The summed E-state index contributed by atoms with van der Waals surface area (Å²) in [4.78, 5) is 18.8. The molecule has 1 fully saturated rings. The number of hydrogen-bond donors (Lipinski definition) is 1. The van der Waals surface area contributed by atoms with Gasteiger partial charge in [0.05, 0.1) is 34.6 Å². The number of halogens is 3. The smallest absolute Gasteiger partial charge is 0.382 e. The number of nitrogens with zero attached hydrogens (tertiary/aromatic N) is 6. The third-order valence-corrected chi connectivity index (χ3v) is 7.82. The van der Waals surface area contributed by atoms with Crippen LogP contribution in [0.5, 0.6) is 0 Å². The van der Waals surface area contributed by atoms with Crippen molar-refractivity contribution in [1.82, 2.24) is 24.4 Å². The molecule has 40 heavy (non-hydrogen) atoms. The summed E-state index contributed by atoms with van der Waals surface area (Å²) in [6.07, 6.45) is -1.03. The number of hydrogen-bond acceptors (Lipinski definition) is 8. The van der Waals surface area contributed by atoms with Gasteiger partial charge in [-0.1, -0.05) is 6.07 Å². The number of rotatable bonds is 5. The quantitative estimate of drug-likeness (QED) is 0.381. The number of carbonyl (C=O) groups is 1. The first kappa shape index (κ1) is 27.6. The minimum Gasteiger partial charge on any atom is -0.382 e. The predicted octanol–water partition coefficient (Wildman–Crippen LogP) is 3.34. The van der Waals surface area contributed by atoms with Gasteiger partial charge in [0.25, 0.3) is 5.91 Å². The van der Waals surface area contributed by atoms with Crippen LogP contribution in [0.4, 0.5) is 24.7 Å². The van der Waals surface area contributed by atoms with Crippen molar-refractivity contribution < 1.29 is 31.1 Å². The highest BCUT2D eigenvalue weighted by atomic mass is 32.2. The Hall–Kier alpha value is -3.98. The van der Waals surface area contributed by atoms with E-state index in [0.29, 0.717) is 16.8 Å². The molecule has 4 heterocycles. The van der Waals surface area contributed by atoms with E-state index in [-0.39, 0.29) is 34.2 Å². The molecule has 1 aliphatic rings. The number of nitrogen functional groups attached to an aromatic ring is 1. The van der Waals surface area contributed by atoms with Gasteiger partial charge >= 0.3 is 6.18 Å². The van der Waals surface area contributed by atoms with E-state index in [1.54, 1.807) is 32.9 Å². The lowest BCUT2D eigenvalue weighted by Gasteiger charge is -2.42. The standard InChI is InChI=1S/C25H26F3N7O4S/c1-14-11-39-24(2,3)23(36)34(14)19-9-15(5-6-20(19)40(4,37)38)18-10-16(21-22(29)30-13-32-35(18)21)17-7-8-31-33(17)12-25(26,27)28/h5-10,13-14H,11-12H2,1-4H3,(H2,29,30,32). The number of fused-ring (bicyclic) bond motifs is 1. The Labute approximate surface area is 227 Å². The van der Waals surface area contributed by atoms with Crippen LogP contribution in [-0.4, -0.2) is 69.4 Å². The van der Waals surface area contributed by atoms with E-state index in [4.69, 9.17) is 10.5 Å². The van der Waals surface area contributed by atoms with Gasteiger partial charge in [0.1, 0.15) is 24.0 Å². The van der Waals surface area contributed by atoms with E-state index in [1.165, 1.54) is 40.1 Å². The molecule has 0 saturated carbocycles. The van der Waals surface area contributed by atoms with Crippen molar-refractivity contribution in [2.24, 2.45) is 0 Å². The summed E-state index contributed by atoms with van der Waals surface area (Å²) in [6.45, 7) is 3.81. The molecule has 1 amide bonds. The molecule has 0 spiro atoms. The summed E-state index contributed by atoms with van der Waals surface area (Å²) in [5.41, 5.74) is 6.60. The van der Waals surface area contributed by atoms with Crippen LogP contribution in [-0.2, 0) is 25.9 Å². The molecule has 4 aromatic rings. The van der Waals surface area contributed by atoms with Gasteiger partial charge in [-0.2, -0.15) is 23.4 Å².